The zero-order valence-electron chi connectivity index (χ0n) is 20.8. The van der Waals surface area contributed by atoms with Crippen LogP contribution in [0, 0.1) is 10.8 Å². The Morgan fingerprint density at radius 2 is 1.59 bits per heavy atom. The molecule has 3 atom stereocenters. The number of hydrogen-bond donors (Lipinski definition) is 0. The molecular formula is C22H42NO7PS. The van der Waals surface area contributed by atoms with E-state index in [0.717, 1.165) is 36.7 Å². The molecule has 1 spiro atoms. The summed E-state index contributed by atoms with van der Waals surface area (Å²) >= 11 is 5.21. The van der Waals surface area contributed by atoms with Gasteiger partial charge in [0.2, 0.25) is 0 Å². The van der Waals surface area contributed by atoms with E-state index in [0.29, 0.717) is 26.4 Å². The minimum absolute atomic E-state index is 0.162. The molecule has 2 heterocycles. The van der Waals surface area contributed by atoms with Crippen LogP contribution in [-0.4, -0.2) is 82.9 Å². The van der Waals surface area contributed by atoms with E-state index in [1.165, 1.54) is 0 Å². The molecular weight excluding hydrogens is 453 g/mol. The third-order valence-electron chi connectivity index (χ3n) is 6.72. The third kappa shape index (κ3) is 6.72. The Bertz CT molecular complexity index is 701. The van der Waals surface area contributed by atoms with Crippen LogP contribution in [0.2, 0.25) is 0 Å². The van der Waals surface area contributed by atoms with Gasteiger partial charge in [0.1, 0.15) is 6.72 Å². The van der Waals surface area contributed by atoms with E-state index in [2.05, 4.69) is 21.1 Å². The molecule has 2 aliphatic heterocycles. The summed E-state index contributed by atoms with van der Waals surface area (Å²) in [6.45, 7) is 6.97. The minimum Gasteiger partial charge on any atom is -0.780 e. The van der Waals surface area contributed by atoms with Crippen LogP contribution in [0.25, 0.3) is 0 Å². The number of rotatable bonds is 8. The predicted molar refractivity (Wildman–Crippen MR) is 123 cm³/mol. The van der Waals surface area contributed by atoms with E-state index in [-0.39, 0.29) is 18.1 Å². The van der Waals surface area contributed by atoms with Crippen molar-refractivity contribution in [2.75, 3.05) is 60.7 Å². The first-order valence-corrected chi connectivity index (χ1v) is 14.1. The first kappa shape index (κ1) is 26.9. The molecule has 0 radical (unpaired) electrons. The van der Waals surface area contributed by atoms with Gasteiger partial charge in [-0.15, -0.1) is 0 Å². The van der Waals surface area contributed by atoms with Crippen LogP contribution >= 0.6 is 6.72 Å². The second kappa shape index (κ2) is 9.41. The van der Waals surface area contributed by atoms with E-state index in [9.17, 15) is 4.89 Å². The van der Waals surface area contributed by atoms with Gasteiger partial charge in [-0.05, 0) is 40.5 Å². The van der Waals surface area contributed by atoms with Crippen molar-refractivity contribution < 1.29 is 37.4 Å². The number of hydrogen-bond acceptors (Lipinski definition) is 8. The van der Waals surface area contributed by atoms with Crippen LogP contribution in [-0.2, 0) is 39.8 Å². The fourth-order valence-corrected chi connectivity index (χ4v) is 6.13. The van der Waals surface area contributed by atoms with Crippen LogP contribution in [0.1, 0.15) is 53.4 Å². The molecule has 3 aliphatic rings. The minimum atomic E-state index is -3.61. The third-order valence-corrected chi connectivity index (χ3v) is 8.29. The Labute approximate surface area is 198 Å². The molecule has 3 fully saturated rings. The zero-order valence-corrected chi connectivity index (χ0v) is 22.5. The highest BCUT2D eigenvalue weighted by molar-refractivity contribution is 8.06. The molecule has 1 aliphatic carbocycles. The second-order valence-electron chi connectivity index (χ2n) is 11.7. The maximum absolute atomic E-state index is 12.9. The summed E-state index contributed by atoms with van der Waals surface area (Å²) in [5.74, 6) is -1.34. The lowest BCUT2D eigenvalue weighted by Gasteiger charge is -2.60. The van der Waals surface area contributed by atoms with Gasteiger partial charge < -0.3 is 37.4 Å². The van der Waals surface area contributed by atoms with Crippen molar-refractivity contribution >= 4 is 18.5 Å². The summed E-state index contributed by atoms with van der Waals surface area (Å²) in [5, 5.41) is 0. The fourth-order valence-electron chi connectivity index (χ4n) is 4.90. The van der Waals surface area contributed by atoms with Crippen LogP contribution in [0.15, 0.2) is 0 Å². The molecule has 32 heavy (non-hydrogen) atoms. The van der Waals surface area contributed by atoms with E-state index < -0.39 is 23.7 Å². The highest BCUT2D eigenvalue weighted by Gasteiger charge is 2.61. The number of fused-ring (bicyclic) bond motifs is 2. The first-order valence-electron chi connectivity index (χ1n) is 11.6. The van der Waals surface area contributed by atoms with E-state index in [1.807, 2.05) is 27.7 Å². The summed E-state index contributed by atoms with van der Waals surface area (Å²) in [6.07, 6.45) is 3.24. The monoisotopic (exact) mass is 495 g/mol. The topological polar surface area (TPSA) is 78.4 Å². The summed E-state index contributed by atoms with van der Waals surface area (Å²) in [6, 6.07) is 0. The average Bonchev–Trinajstić information content (AvgIpc) is 2.66. The van der Waals surface area contributed by atoms with Gasteiger partial charge in [-0.1, -0.05) is 18.2 Å². The smallest absolute Gasteiger partial charge is 0.163 e. The number of quaternary nitrogens is 1. The summed E-state index contributed by atoms with van der Waals surface area (Å²) in [4.78, 5) is 12.9. The normalized spacial score (nSPS) is 33.4. The van der Waals surface area contributed by atoms with Gasteiger partial charge in [0.05, 0.1) is 66.8 Å². The lowest BCUT2D eigenvalue weighted by Crippen LogP contribution is -2.67. The van der Waals surface area contributed by atoms with Crippen molar-refractivity contribution in [1.82, 2.24) is 0 Å². The van der Waals surface area contributed by atoms with Gasteiger partial charge in [-0.2, -0.15) is 0 Å². The molecule has 10 heteroatoms. The highest BCUT2D eigenvalue weighted by atomic mass is 32.5. The van der Waals surface area contributed by atoms with Crippen molar-refractivity contribution in [3.05, 3.63) is 0 Å². The molecule has 8 nitrogen and oxygen atoms in total. The molecule has 2 saturated heterocycles. The number of nitrogens with zero attached hydrogens (tertiary/aromatic N) is 1. The van der Waals surface area contributed by atoms with Crippen molar-refractivity contribution in [2.24, 2.45) is 10.8 Å². The van der Waals surface area contributed by atoms with E-state index in [1.54, 1.807) is 0 Å². The van der Waals surface area contributed by atoms with Gasteiger partial charge in [0.15, 0.2) is 11.6 Å². The maximum atomic E-state index is 12.9. The Morgan fingerprint density at radius 1 is 0.969 bits per heavy atom. The van der Waals surface area contributed by atoms with Crippen LogP contribution < -0.4 is 4.89 Å². The van der Waals surface area contributed by atoms with Crippen LogP contribution in [0.5, 0.6) is 0 Å². The molecule has 0 amide bonds. The van der Waals surface area contributed by atoms with Crippen molar-refractivity contribution in [1.29, 1.82) is 0 Å². The molecule has 1 saturated carbocycles. The van der Waals surface area contributed by atoms with E-state index >= 15 is 0 Å². The van der Waals surface area contributed by atoms with Crippen LogP contribution in [0.3, 0.4) is 0 Å². The lowest BCUT2D eigenvalue weighted by molar-refractivity contribution is -0.870. The molecule has 0 aromatic heterocycles. The van der Waals surface area contributed by atoms with Gasteiger partial charge >= 0.3 is 0 Å². The largest absolute Gasteiger partial charge is 0.780 e. The first-order chi connectivity index (χ1) is 14.6. The van der Waals surface area contributed by atoms with Crippen molar-refractivity contribution in [3.8, 4) is 0 Å². The summed E-state index contributed by atoms with van der Waals surface area (Å²) < 4.78 is 36.8. The van der Waals surface area contributed by atoms with Gasteiger partial charge in [-0.3, -0.25) is 0 Å². The quantitative estimate of drug-likeness (QED) is 0.289. The molecule has 188 valence electrons. The SMILES string of the molecule is CC1(C)OCC2(CCCC3(COP([O-])(=S)OCCC[N+](C)(C)C)COC(C)(C)OC23)CO1. The van der Waals surface area contributed by atoms with Gasteiger partial charge in [0.25, 0.3) is 0 Å². The fraction of sp³-hybridized carbons (Fsp3) is 1.00. The second-order valence-corrected chi connectivity index (χ2v) is 14.4. The molecule has 0 bridgehead atoms. The molecule has 0 N–H and O–H groups in total. The highest BCUT2D eigenvalue weighted by Crippen LogP contribution is 2.56. The van der Waals surface area contributed by atoms with Crippen molar-refractivity contribution in [2.45, 2.75) is 71.1 Å². The van der Waals surface area contributed by atoms with Crippen molar-refractivity contribution in [3.63, 3.8) is 0 Å². The number of ether oxygens (including phenoxy) is 4. The predicted octanol–water partition coefficient (Wildman–Crippen LogP) is 2.79. The Hall–Kier alpha value is 0.330. The molecule has 3 unspecified atom stereocenters. The van der Waals surface area contributed by atoms with Gasteiger partial charge in [0, 0.05) is 17.3 Å². The van der Waals surface area contributed by atoms with Crippen LogP contribution in [0.4, 0.5) is 0 Å². The standard InChI is InChI=1S/C22H42NO7PS/c1-19(2)25-14-21(15-26-19)10-8-11-22(16-27-20(3,4)30-18(21)22)17-29-31(24,32)28-13-9-12-23(5,6)7/h18H,8-17H2,1-7H3. The van der Waals surface area contributed by atoms with E-state index in [4.69, 9.17) is 39.8 Å². The Morgan fingerprint density at radius 3 is 2.22 bits per heavy atom. The lowest BCUT2D eigenvalue weighted by atomic mass is 9.59. The summed E-state index contributed by atoms with van der Waals surface area (Å²) in [7, 11) is 6.31. The van der Waals surface area contributed by atoms with Gasteiger partial charge in [-0.25, -0.2) is 0 Å². The zero-order chi connectivity index (χ0) is 23.9. The average molecular weight is 496 g/mol. The summed E-state index contributed by atoms with van der Waals surface area (Å²) in [5.41, 5.74) is -0.794. The Kier molecular flexibility index (Phi) is 7.92. The molecule has 3 rings (SSSR count). The molecule has 0 aromatic carbocycles. The maximum Gasteiger partial charge on any atom is 0.163 e. The Balaban J connectivity index is 1.70. The molecule has 0 aromatic rings.